The van der Waals surface area contributed by atoms with E-state index in [0.717, 1.165) is 12.7 Å². The summed E-state index contributed by atoms with van der Waals surface area (Å²) in [5.74, 6) is 0. The Bertz CT molecular complexity index is 192. The monoisotopic (exact) mass is 222 g/mol. The normalized spacial score (nSPS) is 11.6. The van der Waals surface area contributed by atoms with E-state index in [9.17, 15) is 4.79 Å². The fourth-order valence-electron chi connectivity index (χ4n) is 1.60. The molecule has 0 heterocycles. The summed E-state index contributed by atoms with van der Waals surface area (Å²) in [6, 6.07) is 0. The van der Waals surface area contributed by atoms with Crippen LogP contribution >= 0.6 is 0 Å². The second-order valence-electron chi connectivity index (χ2n) is 4.17. The van der Waals surface area contributed by atoms with E-state index < -0.39 is 0 Å². The Morgan fingerprint density at radius 3 is 1.88 bits per heavy atom. The lowest BCUT2D eigenvalue weighted by Gasteiger charge is -1.95. The molecule has 0 saturated heterocycles. The van der Waals surface area contributed by atoms with Crippen molar-refractivity contribution in [2.24, 2.45) is 0 Å². The number of unbranched alkanes of at least 4 members (excludes halogenated alkanes) is 7. The molecule has 0 fully saturated rings. The number of aldehydes is 1. The molecule has 92 valence electrons. The zero-order chi connectivity index (χ0) is 11.9. The molecule has 1 nitrogen and oxygen atoms in total. The molecular weight excluding hydrogens is 196 g/mol. The highest BCUT2D eigenvalue weighted by Gasteiger charge is 1.86. The smallest absolute Gasteiger partial charge is 0.142 e. The van der Waals surface area contributed by atoms with Crippen LogP contribution in [0.15, 0.2) is 24.3 Å². The van der Waals surface area contributed by atoms with Crippen molar-refractivity contribution in [3.05, 3.63) is 24.3 Å². The second kappa shape index (κ2) is 14.2. The summed E-state index contributed by atoms with van der Waals surface area (Å²) in [6.07, 6.45) is 20.3. The van der Waals surface area contributed by atoms with Crippen LogP contribution in [0.5, 0.6) is 0 Å². The Morgan fingerprint density at radius 2 is 1.31 bits per heavy atom. The number of allylic oxidation sites excluding steroid dienone is 4. The first-order chi connectivity index (χ1) is 7.91. The van der Waals surface area contributed by atoms with Crippen molar-refractivity contribution < 1.29 is 4.79 Å². The first kappa shape index (κ1) is 15.2. The number of hydrogen-bond donors (Lipinski definition) is 0. The molecule has 0 aromatic heterocycles. The van der Waals surface area contributed by atoms with Crippen molar-refractivity contribution in [1.82, 2.24) is 0 Å². The lowest BCUT2D eigenvalue weighted by molar-refractivity contribution is -0.104. The van der Waals surface area contributed by atoms with Crippen LogP contribution in [0.25, 0.3) is 0 Å². The van der Waals surface area contributed by atoms with E-state index in [4.69, 9.17) is 0 Å². The minimum atomic E-state index is 0.846. The Balaban J connectivity index is 3.08. The van der Waals surface area contributed by atoms with Gasteiger partial charge in [-0.15, -0.1) is 0 Å². The van der Waals surface area contributed by atoms with Gasteiger partial charge in [0.1, 0.15) is 6.29 Å². The standard InChI is InChI=1S/C15H26O/c1-2-3-4-5-6-7-8-9-10-11-12-13-14-15-16/h6-7,13-15H,2-5,8-12H2,1H3/b7-6+,14-13+. The van der Waals surface area contributed by atoms with Crippen LogP contribution in [0.1, 0.15) is 64.7 Å². The molecule has 1 heteroatoms. The topological polar surface area (TPSA) is 17.1 Å². The van der Waals surface area contributed by atoms with Crippen LogP contribution in [0.2, 0.25) is 0 Å². The summed E-state index contributed by atoms with van der Waals surface area (Å²) < 4.78 is 0. The largest absolute Gasteiger partial charge is 0.299 e. The van der Waals surface area contributed by atoms with Crippen molar-refractivity contribution in [3.63, 3.8) is 0 Å². The van der Waals surface area contributed by atoms with Gasteiger partial charge >= 0.3 is 0 Å². The predicted octanol–water partition coefficient (Wildman–Crippen LogP) is 4.83. The highest BCUT2D eigenvalue weighted by molar-refractivity contribution is 5.64. The van der Waals surface area contributed by atoms with Crippen LogP contribution in [0.4, 0.5) is 0 Å². The zero-order valence-electron chi connectivity index (χ0n) is 10.7. The average Bonchev–Trinajstić information content (AvgIpc) is 2.31. The molecule has 16 heavy (non-hydrogen) atoms. The van der Waals surface area contributed by atoms with Gasteiger partial charge in [0.25, 0.3) is 0 Å². The number of carbonyl (C=O) groups is 1. The fourth-order valence-corrected chi connectivity index (χ4v) is 1.60. The van der Waals surface area contributed by atoms with Gasteiger partial charge in [-0.05, 0) is 44.6 Å². The van der Waals surface area contributed by atoms with Gasteiger partial charge < -0.3 is 0 Å². The van der Waals surface area contributed by atoms with E-state index in [2.05, 4.69) is 19.1 Å². The summed E-state index contributed by atoms with van der Waals surface area (Å²) in [6.45, 7) is 2.24. The molecule has 0 aromatic carbocycles. The van der Waals surface area contributed by atoms with Crippen molar-refractivity contribution in [3.8, 4) is 0 Å². The molecule has 0 aliphatic heterocycles. The van der Waals surface area contributed by atoms with Gasteiger partial charge in [0.05, 0.1) is 0 Å². The van der Waals surface area contributed by atoms with Crippen molar-refractivity contribution >= 4 is 6.29 Å². The molecule has 0 spiro atoms. The molecule has 0 rings (SSSR count). The molecule has 0 aliphatic carbocycles. The molecule has 0 aromatic rings. The van der Waals surface area contributed by atoms with Gasteiger partial charge in [-0.25, -0.2) is 0 Å². The highest BCUT2D eigenvalue weighted by atomic mass is 16.1. The molecule has 0 N–H and O–H groups in total. The van der Waals surface area contributed by atoms with Crippen LogP contribution in [-0.2, 0) is 4.79 Å². The summed E-state index contributed by atoms with van der Waals surface area (Å²) in [5.41, 5.74) is 0. The van der Waals surface area contributed by atoms with E-state index in [1.54, 1.807) is 6.08 Å². The van der Waals surface area contributed by atoms with Crippen molar-refractivity contribution in [2.75, 3.05) is 0 Å². The first-order valence-electron chi connectivity index (χ1n) is 6.67. The predicted molar refractivity (Wildman–Crippen MR) is 71.6 cm³/mol. The molecule has 0 bridgehead atoms. The Labute approximate surface area is 101 Å². The van der Waals surface area contributed by atoms with Gasteiger partial charge in [-0.1, -0.05) is 44.4 Å². The lowest BCUT2D eigenvalue weighted by atomic mass is 10.1. The minimum Gasteiger partial charge on any atom is -0.299 e. The van der Waals surface area contributed by atoms with Crippen LogP contribution < -0.4 is 0 Å². The summed E-state index contributed by atoms with van der Waals surface area (Å²) in [5, 5.41) is 0. The van der Waals surface area contributed by atoms with Crippen molar-refractivity contribution in [1.29, 1.82) is 0 Å². The molecular formula is C15H26O. The molecule has 0 saturated carbocycles. The fraction of sp³-hybridized carbons (Fsp3) is 0.667. The average molecular weight is 222 g/mol. The molecule has 0 atom stereocenters. The quantitative estimate of drug-likeness (QED) is 0.212. The highest BCUT2D eigenvalue weighted by Crippen LogP contribution is 2.05. The van der Waals surface area contributed by atoms with Gasteiger partial charge in [-0.3, -0.25) is 4.79 Å². The lowest BCUT2D eigenvalue weighted by Crippen LogP contribution is -1.76. The third kappa shape index (κ3) is 13.2. The molecule has 0 amide bonds. The third-order valence-electron chi connectivity index (χ3n) is 2.60. The minimum absolute atomic E-state index is 0.846. The Kier molecular flexibility index (Phi) is 13.4. The van der Waals surface area contributed by atoms with E-state index in [1.165, 1.54) is 51.4 Å². The summed E-state index contributed by atoms with van der Waals surface area (Å²) in [7, 11) is 0. The Hall–Kier alpha value is -0.850. The van der Waals surface area contributed by atoms with Crippen molar-refractivity contribution in [2.45, 2.75) is 64.7 Å². The summed E-state index contributed by atoms with van der Waals surface area (Å²) in [4.78, 5) is 9.99. The first-order valence-corrected chi connectivity index (χ1v) is 6.67. The van der Waals surface area contributed by atoms with E-state index in [0.29, 0.717) is 0 Å². The SMILES string of the molecule is CCCCC/C=C/CCCCC/C=C/C=O. The molecule has 0 aliphatic rings. The Morgan fingerprint density at radius 1 is 0.750 bits per heavy atom. The maximum atomic E-state index is 9.99. The van der Waals surface area contributed by atoms with Gasteiger partial charge in [0.2, 0.25) is 0 Å². The second-order valence-corrected chi connectivity index (χ2v) is 4.17. The van der Waals surface area contributed by atoms with Crippen LogP contribution in [0, 0.1) is 0 Å². The summed E-state index contributed by atoms with van der Waals surface area (Å²) >= 11 is 0. The van der Waals surface area contributed by atoms with E-state index in [1.807, 2.05) is 6.08 Å². The zero-order valence-corrected chi connectivity index (χ0v) is 10.7. The van der Waals surface area contributed by atoms with Crippen LogP contribution in [0.3, 0.4) is 0 Å². The van der Waals surface area contributed by atoms with E-state index in [-0.39, 0.29) is 0 Å². The van der Waals surface area contributed by atoms with E-state index >= 15 is 0 Å². The van der Waals surface area contributed by atoms with Gasteiger partial charge in [0.15, 0.2) is 0 Å². The van der Waals surface area contributed by atoms with Crippen LogP contribution in [-0.4, -0.2) is 6.29 Å². The molecule has 0 unspecified atom stereocenters. The number of carbonyl (C=O) groups excluding carboxylic acids is 1. The number of rotatable bonds is 11. The maximum absolute atomic E-state index is 9.99. The number of hydrogen-bond acceptors (Lipinski definition) is 1. The van der Waals surface area contributed by atoms with Gasteiger partial charge in [-0.2, -0.15) is 0 Å². The van der Waals surface area contributed by atoms with Gasteiger partial charge in [0, 0.05) is 0 Å². The maximum Gasteiger partial charge on any atom is 0.142 e. The molecule has 0 radical (unpaired) electrons. The third-order valence-corrected chi connectivity index (χ3v) is 2.60.